The zero-order valence-corrected chi connectivity index (χ0v) is 12.8. The van der Waals surface area contributed by atoms with Crippen LogP contribution in [0.4, 0.5) is 5.69 Å². The Labute approximate surface area is 116 Å². The second-order valence-corrected chi connectivity index (χ2v) is 5.68. The maximum absolute atomic E-state index is 12.5. The van der Waals surface area contributed by atoms with Crippen LogP contribution in [0.2, 0.25) is 0 Å². The van der Waals surface area contributed by atoms with Crippen molar-refractivity contribution in [2.24, 2.45) is 11.8 Å². The van der Waals surface area contributed by atoms with E-state index < -0.39 is 0 Å². The molecule has 3 nitrogen and oxygen atoms in total. The standard InChI is InChI=1S/C16H25NO2/c1-10(2)14(9-18)16(19)17(6)15-12(4)7-11(3)8-13(15)5/h7-8,10,14,18H,9H2,1-6H3. The molecule has 0 bridgehead atoms. The van der Waals surface area contributed by atoms with Crippen LogP contribution < -0.4 is 4.90 Å². The number of amides is 1. The van der Waals surface area contributed by atoms with Crippen molar-refractivity contribution in [3.8, 4) is 0 Å². The molecule has 0 radical (unpaired) electrons. The Morgan fingerprint density at radius 2 is 1.68 bits per heavy atom. The third-order valence-corrected chi connectivity index (χ3v) is 3.62. The molecule has 19 heavy (non-hydrogen) atoms. The van der Waals surface area contributed by atoms with Crippen molar-refractivity contribution in [3.63, 3.8) is 0 Å². The molecule has 0 spiro atoms. The molecule has 3 heteroatoms. The van der Waals surface area contributed by atoms with Crippen molar-refractivity contribution in [1.82, 2.24) is 0 Å². The topological polar surface area (TPSA) is 40.5 Å². The van der Waals surface area contributed by atoms with Crippen LogP contribution in [0.25, 0.3) is 0 Å². The molecule has 0 aliphatic carbocycles. The Morgan fingerprint density at radius 3 is 2.05 bits per heavy atom. The van der Waals surface area contributed by atoms with Gasteiger partial charge in [-0.25, -0.2) is 0 Å². The molecule has 0 aliphatic rings. The van der Waals surface area contributed by atoms with Gasteiger partial charge in [0.1, 0.15) is 0 Å². The Balaban J connectivity index is 3.13. The van der Waals surface area contributed by atoms with Gasteiger partial charge in [-0.3, -0.25) is 4.79 Å². The van der Waals surface area contributed by atoms with Crippen LogP contribution in [-0.2, 0) is 4.79 Å². The lowest BCUT2D eigenvalue weighted by Crippen LogP contribution is -2.38. The lowest BCUT2D eigenvalue weighted by atomic mass is 9.94. The third kappa shape index (κ3) is 3.35. The van der Waals surface area contributed by atoms with E-state index in [2.05, 4.69) is 19.1 Å². The molecule has 1 N–H and O–H groups in total. The van der Waals surface area contributed by atoms with E-state index in [1.54, 1.807) is 11.9 Å². The molecule has 1 aromatic carbocycles. The van der Waals surface area contributed by atoms with Crippen LogP contribution in [0.3, 0.4) is 0 Å². The fraction of sp³-hybridized carbons (Fsp3) is 0.562. The van der Waals surface area contributed by atoms with E-state index in [0.29, 0.717) is 0 Å². The smallest absolute Gasteiger partial charge is 0.232 e. The molecule has 1 atom stereocenters. The molecule has 0 saturated carbocycles. The zero-order chi connectivity index (χ0) is 14.7. The van der Waals surface area contributed by atoms with E-state index in [1.165, 1.54) is 5.56 Å². The Morgan fingerprint density at radius 1 is 1.21 bits per heavy atom. The number of carbonyl (C=O) groups excluding carboxylic acids is 1. The third-order valence-electron chi connectivity index (χ3n) is 3.62. The van der Waals surface area contributed by atoms with Gasteiger partial charge in [-0.2, -0.15) is 0 Å². The predicted octanol–water partition coefficient (Wildman–Crippen LogP) is 2.84. The van der Waals surface area contributed by atoms with Crippen LogP contribution in [0.1, 0.15) is 30.5 Å². The van der Waals surface area contributed by atoms with Crippen molar-refractivity contribution in [3.05, 3.63) is 28.8 Å². The van der Waals surface area contributed by atoms with E-state index >= 15 is 0 Å². The van der Waals surface area contributed by atoms with Gasteiger partial charge in [0.2, 0.25) is 5.91 Å². The summed E-state index contributed by atoms with van der Waals surface area (Å²) in [6.45, 7) is 9.90. The second-order valence-electron chi connectivity index (χ2n) is 5.68. The fourth-order valence-electron chi connectivity index (χ4n) is 2.63. The number of rotatable bonds is 4. The number of nitrogens with zero attached hydrogens (tertiary/aromatic N) is 1. The summed E-state index contributed by atoms with van der Waals surface area (Å²) in [6, 6.07) is 4.16. The normalized spacial score (nSPS) is 12.6. The average molecular weight is 263 g/mol. The van der Waals surface area contributed by atoms with Crippen molar-refractivity contribution in [2.45, 2.75) is 34.6 Å². The van der Waals surface area contributed by atoms with Crippen LogP contribution in [0.15, 0.2) is 12.1 Å². The van der Waals surface area contributed by atoms with Gasteiger partial charge in [-0.1, -0.05) is 31.5 Å². The summed E-state index contributed by atoms with van der Waals surface area (Å²) in [5.74, 6) is -0.233. The van der Waals surface area contributed by atoms with Crippen LogP contribution in [0.5, 0.6) is 0 Å². The van der Waals surface area contributed by atoms with E-state index in [-0.39, 0.29) is 24.3 Å². The summed E-state index contributed by atoms with van der Waals surface area (Å²) in [7, 11) is 1.79. The first-order valence-electron chi connectivity index (χ1n) is 6.75. The molecule has 0 fully saturated rings. The van der Waals surface area contributed by atoms with Crippen molar-refractivity contribution in [2.75, 3.05) is 18.6 Å². The summed E-state index contributed by atoms with van der Waals surface area (Å²) in [6.07, 6.45) is 0. The predicted molar refractivity (Wildman–Crippen MR) is 79.5 cm³/mol. The monoisotopic (exact) mass is 263 g/mol. The van der Waals surface area contributed by atoms with E-state index in [0.717, 1.165) is 16.8 Å². The lowest BCUT2D eigenvalue weighted by Gasteiger charge is -2.27. The molecule has 106 valence electrons. The second kappa shape index (κ2) is 6.20. The minimum absolute atomic E-state index is 0.0208. The highest BCUT2D eigenvalue weighted by Crippen LogP contribution is 2.27. The quantitative estimate of drug-likeness (QED) is 0.907. The maximum Gasteiger partial charge on any atom is 0.232 e. The van der Waals surface area contributed by atoms with Crippen molar-refractivity contribution >= 4 is 11.6 Å². The molecule has 0 aliphatic heterocycles. The first kappa shape index (κ1) is 15.7. The molecule has 0 heterocycles. The largest absolute Gasteiger partial charge is 0.396 e. The summed E-state index contributed by atoms with van der Waals surface area (Å²) in [5, 5.41) is 9.40. The highest BCUT2D eigenvalue weighted by atomic mass is 16.3. The van der Waals surface area contributed by atoms with E-state index in [4.69, 9.17) is 0 Å². The minimum atomic E-state index is -0.342. The van der Waals surface area contributed by atoms with Crippen LogP contribution in [0, 0.1) is 32.6 Å². The van der Waals surface area contributed by atoms with Gasteiger partial charge < -0.3 is 10.0 Å². The molecule has 1 aromatic rings. The highest BCUT2D eigenvalue weighted by molar-refractivity contribution is 5.96. The molecular weight excluding hydrogens is 238 g/mol. The van der Waals surface area contributed by atoms with E-state index in [1.807, 2.05) is 27.7 Å². The molecule has 1 amide bonds. The SMILES string of the molecule is Cc1cc(C)c(N(C)C(=O)C(CO)C(C)C)c(C)c1. The first-order valence-corrected chi connectivity index (χ1v) is 6.75. The summed E-state index contributed by atoms with van der Waals surface area (Å²) in [4.78, 5) is 14.2. The number of benzene rings is 1. The summed E-state index contributed by atoms with van der Waals surface area (Å²) >= 11 is 0. The van der Waals surface area contributed by atoms with Crippen molar-refractivity contribution in [1.29, 1.82) is 0 Å². The van der Waals surface area contributed by atoms with Gasteiger partial charge in [0, 0.05) is 12.7 Å². The minimum Gasteiger partial charge on any atom is -0.396 e. The van der Waals surface area contributed by atoms with Gasteiger partial charge in [0.05, 0.1) is 12.5 Å². The fourth-order valence-corrected chi connectivity index (χ4v) is 2.63. The van der Waals surface area contributed by atoms with Gasteiger partial charge in [-0.05, 0) is 37.8 Å². The molecule has 1 unspecified atom stereocenters. The van der Waals surface area contributed by atoms with Gasteiger partial charge >= 0.3 is 0 Å². The summed E-state index contributed by atoms with van der Waals surface area (Å²) in [5.41, 5.74) is 4.33. The average Bonchev–Trinajstić information content (AvgIpc) is 2.27. The number of aryl methyl sites for hydroxylation is 3. The van der Waals surface area contributed by atoms with Gasteiger partial charge in [-0.15, -0.1) is 0 Å². The lowest BCUT2D eigenvalue weighted by molar-refractivity contribution is -0.124. The zero-order valence-electron chi connectivity index (χ0n) is 12.8. The number of carbonyl (C=O) groups is 1. The van der Waals surface area contributed by atoms with Gasteiger partial charge in [0.25, 0.3) is 0 Å². The van der Waals surface area contributed by atoms with Crippen LogP contribution in [-0.4, -0.2) is 24.7 Å². The number of hydrogen-bond acceptors (Lipinski definition) is 2. The number of hydrogen-bond donors (Lipinski definition) is 1. The maximum atomic E-state index is 12.5. The van der Waals surface area contributed by atoms with Crippen LogP contribution >= 0.6 is 0 Å². The Hall–Kier alpha value is -1.35. The van der Waals surface area contributed by atoms with E-state index in [9.17, 15) is 9.90 Å². The number of anilines is 1. The summed E-state index contributed by atoms with van der Waals surface area (Å²) < 4.78 is 0. The molecule has 1 rings (SSSR count). The Kier molecular flexibility index (Phi) is 5.12. The molecular formula is C16H25NO2. The van der Waals surface area contributed by atoms with Crippen molar-refractivity contribution < 1.29 is 9.90 Å². The Bertz CT molecular complexity index is 443. The first-order chi connectivity index (χ1) is 8.79. The molecule has 0 aromatic heterocycles. The number of aliphatic hydroxyl groups excluding tert-OH is 1. The number of aliphatic hydroxyl groups is 1. The molecule has 0 saturated heterocycles. The van der Waals surface area contributed by atoms with Gasteiger partial charge in [0.15, 0.2) is 0 Å². The highest BCUT2D eigenvalue weighted by Gasteiger charge is 2.26.